The molecule has 2 nitrogen and oxygen atoms in total. The van der Waals surface area contributed by atoms with Crippen molar-refractivity contribution in [3.05, 3.63) is 29.8 Å². The van der Waals surface area contributed by atoms with Crippen molar-refractivity contribution in [2.24, 2.45) is 11.8 Å². The van der Waals surface area contributed by atoms with E-state index in [-0.39, 0.29) is 0 Å². The third kappa shape index (κ3) is 6.42. The molecule has 0 spiro atoms. The Kier molecular flexibility index (Phi) is 7.08. The molecule has 114 valence electrons. The van der Waals surface area contributed by atoms with E-state index in [4.69, 9.17) is 4.74 Å². The fourth-order valence-electron chi connectivity index (χ4n) is 2.15. The Balaban J connectivity index is 2.58. The van der Waals surface area contributed by atoms with Crippen LogP contribution in [0.25, 0.3) is 0 Å². The lowest BCUT2D eigenvalue weighted by atomic mass is 9.96. The van der Waals surface area contributed by atoms with Gasteiger partial charge in [-0.2, -0.15) is 0 Å². The topological polar surface area (TPSA) is 21.3 Å². The highest BCUT2D eigenvalue weighted by atomic mass is 16.5. The predicted molar refractivity (Wildman–Crippen MR) is 87.4 cm³/mol. The molecule has 0 amide bonds. The highest BCUT2D eigenvalue weighted by Crippen LogP contribution is 2.16. The normalized spacial score (nSPS) is 13.2. The summed E-state index contributed by atoms with van der Waals surface area (Å²) in [6, 6.07) is 9.60. The maximum absolute atomic E-state index is 5.72. The smallest absolute Gasteiger partial charge is 0.119 e. The van der Waals surface area contributed by atoms with E-state index < -0.39 is 0 Å². The van der Waals surface area contributed by atoms with Crippen molar-refractivity contribution in [3.63, 3.8) is 0 Å². The van der Waals surface area contributed by atoms with Gasteiger partial charge in [-0.1, -0.05) is 53.7 Å². The quantitative estimate of drug-likeness (QED) is 0.765. The second-order valence-corrected chi connectivity index (χ2v) is 6.72. The Morgan fingerprint density at radius 2 is 1.55 bits per heavy atom. The van der Waals surface area contributed by atoms with E-state index in [2.05, 4.69) is 71.1 Å². The molecule has 1 rings (SSSR count). The molecule has 0 heterocycles. The lowest BCUT2D eigenvalue weighted by Gasteiger charge is -2.25. The SMILES string of the molecule is CC(C)COc1ccc(C[C@H](NC(C)C)C(C)C)cc1. The van der Waals surface area contributed by atoms with Gasteiger partial charge in [0.25, 0.3) is 0 Å². The van der Waals surface area contributed by atoms with Crippen LogP contribution < -0.4 is 10.1 Å². The Morgan fingerprint density at radius 3 is 2.00 bits per heavy atom. The summed E-state index contributed by atoms with van der Waals surface area (Å²) in [5, 5.41) is 3.65. The van der Waals surface area contributed by atoms with E-state index >= 15 is 0 Å². The molecule has 2 heteroatoms. The van der Waals surface area contributed by atoms with Crippen molar-refractivity contribution in [3.8, 4) is 5.75 Å². The minimum Gasteiger partial charge on any atom is -0.493 e. The molecule has 0 aliphatic heterocycles. The van der Waals surface area contributed by atoms with Crippen molar-refractivity contribution in [2.75, 3.05) is 6.61 Å². The molecule has 0 unspecified atom stereocenters. The Labute approximate surface area is 124 Å². The van der Waals surface area contributed by atoms with Gasteiger partial charge in [0.2, 0.25) is 0 Å². The highest BCUT2D eigenvalue weighted by molar-refractivity contribution is 5.27. The number of nitrogens with one attached hydrogen (secondary N) is 1. The monoisotopic (exact) mass is 277 g/mol. The lowest BCUT2D eigenvalue weighted by Crippen LogP contribution is -2.40. The molecule has 1 aromatic rings. The average molecular weight is 277 g/mol. The summed E-state index contributed by atoms with van der Waals surface area (Å²) < 4.78 is 5.72. The van der Waals surface area contributed by atoms with Crippen LogP contribution in [0.2, 0.25) is 0 Å². The van der Waals surface area contributed by atoms with E-state index in [9.17, 15) is 0 Å². The first-order valence-electron chi connectivity index (χ1n) is 7.86. The van der Waals surface area contributed by atoms with Crippen LogP contribution in [-0.4, -0.2) is 18.7 Å². The molecule has 0 aromatic heterocycles. The molecule has 1 aromatic carbocycles. The minimum atomic E-state index is 0.524. The maximum Gasteiger partial charge on any atom is 0.119 e. The second-order valence-electron chi connectivity index (χ2n) is 6.72. The standard InChI is InChI=1S/C18H31NO/c1-13(2)12-20-17-9-7-16(8-10-17)11-18(14(3)4)19-15(5)6/h7-10,13-15,18-19H,11-12H2,1-6H3/t18-/m0/s1. The summed E-state index contributed by atoms with van der Waals surface area (Å²) in [6.45, 7) is 14.1. The van der Waals surface area contributed by atoms with Crippen LogP contribution in [0.4, 0.5) is 0 Å². The van der Waals surface area contributed by atoms with Gasteiger partial charge in [-0.25, -0.2) is 0 Å². The first kappa shape index (κ1) is 17.0. The molecule has 0 aliphatic rings. The summed E-state index contributed by atoms with van der Waals surface area (Å²) in [4.78, 5) is 0. The zero-order chi connectivity index (χ0) is 15.1. The van der Waals surface area contributed by atoms with Gasteiger partial charge in [-0.05, 0) is 36.0 Å². The van der Waals surface area contributed by atoms with Gasteiger partial charge >= 0.3 is 0 Å². The third-order valence-corrected chi connectivity index (χ3v) is 3.31. The summed E-state index contributed by atoms with van der Waals surface area (Å²) in [6.07, 6.45) is 1.07. The molecule has 0 saturated heterocycles. The van der Waals surface area contributed by atoms with Crippen molar-refractivity contribution >= 4 is 0 Å². The second kappa shape index (κ2) is 8.31. The number of hydrogen-bond acceptors (Lipinski definition) is 2. The zero-order valence-corrected chi connectivity index (χ0v) is 13.9. The molecular weight excluding hydrogens is 246 g/mol. The number of rotatable bonds is 8. The van der Waals surface area contributed by atoms with Gasteiger partial charge in [-0.15, -0.1) is 0 Å². The van der Waals surface area contributed by atoms with Crippen molar-refractivity contribution in [1.29, 1.82) is 0 Å². The van der Waals surface area contributed by atoms with E-state index in [1.807, 2.05) is 0 Å². The van der Waals surface area contributed by atoms with Gasteiger partial charge in [0.15, 0.2) is 0 Å². The van der Waals surface area contributed by atoms with Crippen LogP contribution in [0.1, 0.15) is 47.1 Å². The fraction of sp³-hybridized carbons (Fsp3) is 0.667. The van der Waals surface area contributed by atoms with Crippen LogP contribution in [0.5, 0.6) is 5.75 Å². The van der Waals surface area contributed by atoms with E-state index in [0.29, 0.717) is 23.9 Å². The number of ether oxygens (including phenoxy) is 1. The van der Waals surface area contributed by atoms with Crippen LogP contribution >= 0.6 is 0 Å². The van der Waals surface area contributed by atoms with Crippen LogP contribution in [0.15, 0.2) is 24.3 Å². The highest BCUT2D eigenvalue weighted by Gasteiger charge is 2.14. The van der Waals surface area contributed by atoms with Gasteiger partial charge in [0.1, 0.15) is 5.75 Å². The molecule has 0 fully saturated rings. The van der Waals surface area contributed by atoms with Gasteiger partial charge in [0.05, 0.1) is 6.61 Å². The van der Waals surface area contributed by atoms with Crippen molar-refractivity contribution in [2.45, 2.75) is 60.0 Å². The first-order valence-corrected chi connectivity index (χ1v) is 7.86. The van der Waals surface area contributed by atoms with Crippen molar-refractivity contribution < 1.29 is 4.74 Å². The first-order chi connectivity index (χ1) is 9.38. The number of hydrogen-bond donors (Lipinski definition) is 1. The summed E-state index contributed by atoms with van der Waals surface area (Å²) in [5.41, 5.74) is 1.37. The largest absolute Gasteiger partial charge is 0.493 e. The third-order valence-electron chi connectivity index (χ3n) is 3.31. The Morgan fingerprint density at radius 1 is 0.950 bits per heavy atom. The van der Waals surface area contributed by atoms with E-state index in [0.717, 1.165) is 18.8 Å². The summed E-state index contributed by atoms with van der Waals surface area (Å²) in [7, 11) is 0. The minimum absolute atomic E-state index is 0.524. The molecule has 1 atom stereocenters. The number of benzene rings is 1. The summed E-state index contributed by atoms with van der Waals surface area (Å²) >= 11 is 0. The maximum atomic E-state index is 5.72. The fourth-order valence-corrected chi connectivity index (χ4v) is 2.15. The van der Waals surface area contributed by atoms with Crippen molar-refractivity contribution in [1.82, 2.24) is 5.32 Å². The van der Waals surface area contributed by atoms with Gasteiger partial charge < -0.3 is 10.1 Å². The molecule has 1 N–H and O–H groups in total. The average Bonchev–Trinajstić information content (AvgIpc) is 2.36. The molecular formula is C18H31NO. The molecule has 0 saturated carbocycles. The Hall–Kier alpha value is -1.02. The van der Waals surface area contributed by atoms with Crippen LogP contribution in [0.3, 0.4) is 0 Å². The Bertz CT molecular complexity index is 368. The summed E-state index contributed by atoms with van der Waals surface area (Å²) in [5.74, 6) is 2.17. The molecule has 0 bridgehead atoms. The predicted octanol–water partition coefficient (Wildman–Crippen LogP) is 4.29. The van der Waals surface area contributed by atoms with Gasteiger partial charge in [-0.3, -0.25) is 0 Å². The molecule has 20 heavy (non-hydrogen) atoms. The molecule has 0 aliphatic carbocycles. The van der Waals surface area contributed by atoms with Crippen LogP contribution in [0, 0.1) is 11.8 Å². The van der Waals surface area contributed by atoms with E-state index in [1.54, 1.807) is 0 Å². The van der Waals surface area contributed by atoms with E-state index in [1.165, 1.54) is 5.56 Å². The van der Waals surface area contributed by atoms with Gasteiger partial charge in [0, 0.05) is 12.1 Å². The molecule has 0 radical (unpaired) electrons. The van der Waals surface area contributed by atoms with Crippen LogP contribution in [-0.2, 0) is 6.42 Å². The zero-order valence-electron chi connectivity index (χ0n) is 13.9. The lowest BCUT2D eigenvalue weighted by molar-refractivity contribution is 0.271.